The molecule has 0 aliphatic heterocycles. The van der Waals surface area contributed by atoms with Crippen LogP contribution in [0.1, 0.15) is 10.5 Å². The zero-order valence-electron chi connectivity index (χ0n) is 8.07. The number of carboxylic acid groups (broad SMARTS) is 1. The van der Waals surface area contributed by atoms with Crippen molar-refractivity contribution in [1.82, 2.24) is 14.8 Å². The third kappa shape index (κ3) is 2.29. The van der Waals surface area contributed by atoms with Crippen molar-refractivity contribution in [2.45, 2.75) is 0 Å². The lowest BCUT2D eigenvalue weighted by atomic mass is 10.4. The summed E-state index contributed by atoms with van der Waals surface area (Å²) in [6, 6.07) is 4.73. The Bertz CT molecular complexity index is 494. The molecular formula is C9H9ClN4O2. The lowest BCUT2D eigenvalue weighted by Gasteiger charge is -1.99. The number of rotatable bonds is 2. The summed E-state index contributed by atoms with van der Waals surface area (Å²) in [5, 5.41) is 12.5. The SMILES string of the molecule is Cl.Nc1ccc(-n2ccc(C(=O)O)n2)nc1. The summed E-state index contributed by atoms with van der Waals surface area (Å²) in [5.74, 6) is -0.541. The molecule has 7 heteroatoms. The predicted octanol–water partition coefficient (Wildman–Crippen LogP) is 0.970. The molecule has 6 nitrogen and oxygen atoms in total. The highest BCUT2D eigenvalue weighted by atomic mass is 35.5. The standard InChI is InChI=1S/C9H8N4O2.ClH/c10-6-1-2-8(11-5-6)13-4-3-7(12-13)9(14)15;/h1-5H,10H2,(H,14,15);1H. The Morgan fingerprint density at radius 3 is 2.62 bits per heavy atom. The fourth-order valence-electron chi connectivity index (χ4n) is 1.10. The molecule has 2 aromatic heterocycles. The maximum atomic E-state index is 10.6. The Labute approximate surface area is 97.1 Å². The maximum Gasteiger partial charge on any atom is 0.356 e. The van der Waals surface area contributed by atoms with Gasteiger partial charge in [-0.05, 0) is 18.2 Å². The highest BCUT2D eigenvalue weighted by molar-refractivity contribution is 5.85. The van der Waals surface area contributed by atoms with Crippen LogP contribution in [0.2, 0.25) is 0 Å². The number of nitrogens with zero attached hydrogens (tertiary/aromatic N) is 3. The minimum atomic E-state index is -1.07. The number of nitrogens with two attached hydrogens (primary N) is 1. The van der Waals surface area contributed by atoms with Gasteiger partial charge >= 0.3 is 5.97 Å². The Balaban J connectivity index is 0.00000128. The minimum Gasteiger partial charge on any atom is -0.476 e. The van der Waals surface area contributed by atoms with E-state index in [-0.39, 0.29) is 18.1 Å². The Morgan fingerprint density at radius 1 is 1.38 bits per heavy atom. The van der Waals surface area contributed by atoms with Gasteiger partial charge in [0, 0.05) is 6.20 Å². The summed E-state index contributed by atoms with van der Waals surface area (Å²) >= 11 is 0. The number of halogens is 1. The fraction of sp³-hybridized carbons (Fsp3) is 0. The number of carboxylic acids is 1. The van der Waals surface area contributed by atoms with Gasteiger partial charge in [0.1, 0.15) is 0 Å². The van der Waals surface area contributed by atoms with Crippen molar-refractivity contribution in [3.63, 3.8) is 0 Å². The van der Waals surface area contributed by atoms with Gasteiger partial charge in [-0.2, -0.15) is 5.10 Å². The van der Waals surface area contributed by atoms with Crippen molar-refractivity contribution in [2.75, 3.05) is 5.73 Å². The molecule has 0 amide bonds. The van der Waals surface area contributed by atoms with E-state index in [1.807, 2.05) is 0 Å². The molecule has 84 valence electrons. The van der Waals surface area contributed by atoms with E-state index in [2.05, 4.69) is 10.1 Å². The zero-order valence-corrected chi connectivity index (χ0v) is 8.89. The monoisotopic (exact) mass is 240 g/mol. The summed E-state index contributed by atoms with van der Waals surface area (Å²) in [5.41, 5.74) is 6.00. The Kier molecular flexibility index (Phi) is 3.47. The van der Waals surface area contributed by atoms with Crippen molar-refractivity contribution in [3.8, 4) is 5.82 Å². The molecule has 2 heterocycles. The molecule has 0 aliphatic carbocycles. The molecule has 0 aliphatic rings. The maximum absolute atomic E-state index is 10.6. The van der Waals surface area contributed by atoms with Crippen molar-refractivity contribution in [2.24, 2.45) is 0 Å². The lowest BCUT2D eigenvalue weighted by Crippen LogP contribution is -2.02. The van der Waals surface area contributed by atoms with Crippen LogP contribution in [0.5, 0.6) is 0 Å². The molecule has 0 spiro atoms. The van der Waals surface area contributed by atoms with E-state index in [0.29, 0.717) is 11.5 Å². The zero-order chi connectivity index (χ0) is 10.8. The molecule has 0 unspecified atom stereocenters. The molecule has 0 fully saturated rings. The van der Waals surface area contributed by atoms with E-state index in [0.717, 1.165) is 0 Å². The van der Waals surface area contributed by atoms with Crippen LogP contribution in [0, 0.1) is 0 Å². The first-order valence-electron chi connectivity index (χ1n) is 4.17. The summed E-state index contributed by atoms with van der Waals surface area (Å²) in [6.45, 7) is 0. The van der Waals surface area contributed by atoms with Gasteiger partial charge in [0.15, 0.2) is 11.5 Å². The van der Waals surface area contributed by atoms with E-state index in [4.69, 9.17) is 10.8 Å². The van der Waals surface area contributed by atoms with Crippen LogP contribution in [-0.4, -0.2) is 25.8 Å². The molecule has 0 aromatic carbocycles. The summed E-state index contributed by atoms with van der Waals surface area (Å²) in [6.07, 6.45) is 3.01. The third-order valence-electron chi connectivity index (χ3n) is 1.81. The van der Waals surface area contributed by atoms with E-state index in [9.17, 15) is 4.79 Å². The number of hydrogen-bond acceptors (Lipinski definition) is 4. The van der Waals surface area contributed by atoms with E-state index in [1.54, 1.807) is 12.1 Å². The summed E-state index contributed by atoms with van der Waals surface area (Å²) in [4.78, 5) is 14.6. The number of pyridine rings is 1. The molecule has 0 saturated heterocycles. The van der Waals surface area contributed by atoms with Gasteiger partial charge in [-0.3, -0.25) is 0 Å². The van der Waals surface area contributed by atoms with Gasteiger partial charge in [-0.25, -0.2) is 14.5 Å². The number of nitrogen functional groups attached to an aromatic ring is 1. The fourth-order valence-corrected chi connectivity index (χ4v) is 1.10. The van der Waals surface area contributed by atoms with Gasteiger partial charge in [0.2, 0.25) is 0 Å². The number of anilines is 1. The Hall–Kier alpha value is -2.08. The molecule has 16 heavy (non-hydrogen) atoms. The van der Waals surface area contributed by atoms with Gasteiger partial charge in [0.25, 0.3) is 0 Å². The van der Waals surface area contributed by atoms with Crippen LogP contribution in [0.4, 0.5) is 5.69 Å². The van der Waals surface area contributed by atoms with Gasteiger partial charge in [0.05, 0.1) is 11.9 Å². The third-order valence-corrected chi connectivity index (χ3v) is 1.81. The highest BCUT2D eigenvalue weighted by Crippen LogP contribution is 2.06. The van der Waals surface area contributed by atoms with E-state index >= 15 is 0 Å². The molecular weight excluding hydrogens is 232 g/mol. The van der Waals surface area contributed by atoms with Crippen molar-refractivity contribution < 1.29 is 9.90 Å². The van der Waals surface area contributed by atoms with Crippen LogP contribution in [0.3, 0.4) is 0 Å². The van der Waals surface area contributed by atoms with Gasteiger partial charge < -0.3 is 10.8 Å². The molecule has 0 radical (unpaired) electrons. The Morgan fingerprint density at radius 2 is 2.12 bits per heavy atom. The first-order chi connectivity index (χ1) is 7.16. The van der Waals surface area contributed by atoms with Crippen molar-refractivity contribution in [3.05, 3.63) is 36.3 Å². The van der Waals surface area contributed by atoms with Crippen LogP contribution in [-0.2, 0) is 0 Å². The number of hydrogen-bond donors (Lipinski definition) is 2. The topological polar surface area (TPSA) is 94.0 Å². The average Bonchev–Trinajstić information content (AvgIpc) is 2.68. The smallest absolute Gasteiger partial charge is 0.356 e. The summed E-state index contributed by atoms with van der Waals surface area (Å²) < 4.78 is 1.38. The second-order valence-electron chi connectivity index (χ2n) is 2.90. The lowest BCUT2D eigenvalue weighted by molar-refractivity contribution is 0.0690. The molecule has 0 saturated carbocycles. The number of aromatic nitrogens is 3. The number of aromatic carboxylic acids is 1. The molecule has 0 atom stereocenters. The molecule has 2 rings (SSSR count). The highest BCUT2D eigenvalue weighted by Gasteiger charge is 2.07. The largest absolute Gasteiger partial charge is 0.476 e. The normalized spacial score (nSPS) is 9.50. The number of carbonyl (C=O) groups is 1. The first-order valence-corrected chi connectivity index (χ1v) is 4.17. The minimum absolute atomic E-state index is 0. The van der Waals surface area contributed by atoms with Crippen molar-refractivity contribution in [1.29, 1.82) is 0 Å². The quantitative estimate of drug-likeness (QED) is 0.816. The van der Waals surface area contributed by atoms with E-state index < -0.39 is 5.97 Å². The average molecular weight is 241 g/mol. The van der Waals surface area contributed by atoms with Gasteiger partial charge in [-0.15, -0.1) is 12.4 Å². The second kappa shape index (κ2) is 4.63. The van der Waals surface area contributed by atoms with Crippen LogP contribution >= 0.6 is 12.4 Å². The van der Waals surface area contributed by atoms with Crippen LogP contribution < -0.4 is 5.73 Å². The molecule has 2 aromatic rings. The van der Waals surface area contributed by atoms with Crippen LogP contribution in [0.15, 0.2) is 30.6 Å². The van der Waals surface area contributed by atoms with Crippen LogP contribution in [0.25, 0.3) is 5.82 Å². The summed E-state index contributed by atoms with van der Waals surface area (Å²) in [7, 11) is 0. The first kappa shape index (κ1) is 12.0. The van der Waals surface area contributed by atoms with E-state index in [1.165, 1.54) is 23.1 Å². The molecule has 3 N–H and O–H groups in total. The van der Waals surface area contributed by atoms with Gasteiger partial charge in [-0.1, -0.05) is 0 Å². The second-order valence-corrected chi connectivity index (χ2v) is 2.90. The molecule has 0 bridgehead atoms. The van der Waals surface area contributed by atoms with Crippen molar-refractivity contribution >= 4 is 24.1 Å². The predicted molar refractivity (Wildman–Crippen MR) is 60.0 cm³/mol.